The quantitative estimate of drug-likeness (QED) is 0.655. The smallest absolute Gasteiger partial charge is 0.292 e. The van der Waals surface area contributed by atoms with Gasteiger partial charge in [0, 0.05) is 30.2 Å². The van der Waals surface area contributed by atoms with Crippen molar-refractivity contribution in [3.63, 3.8) is 0 Å². The third-order valence-corrected chi connectivity index (χ3v) is 4.03. The molecule has 108 valence electrons. The number of nitro benzene ring substituents is 1. The van der Waals surface area contributed by atoms with Crippen molar-refractivity contribution in [2.24, 2.45) is 0 Å². The summed E-state index contributed by atoms with van der Waals surface area (Å²) in [6.07, 6.45) is 0. The number of halogens is 1. The highest BCUT2D eigenvalue weighted by Gasteiger charge is 2.14. The summed E-state index contributed by atoms with van der Waals surface area (Å²) in [5, 5.41) is 17.5. The summed E-state index contributed by atoms with van der Waals surface area (Å²) in [5.74, 6) is 0. The Kier molecular flexibility index (Phi) is 3.90. The van der Waals surface area contributed by atoms with Crippen molar-refractivity contribution in [2.45, 2.75) is 19.6 Å². The van der Waals surface area contributed by atoms with Gasteiger partial charge in [0.15, 0.2) is 0 Å². The lowest BCUT2D eigenvalue weighted by atomic mass is 10.1. The molecule has 0 saturated carbocycles. The first-order valence-corrected chi connectivity index (χ1v) is 7.42. The Hall–Kier alpha value is -1.92. The molecule has 0 saturated heterocycles. The molecule has 0 amide bonds. The monoisotopic (exact) mass is 347 g/mol. The summed E-state index contributed by atoms with van der Waals surface area (Å²) in [6, 6.07) is 11.2. The molecule has 0 spiro atoms. The highest BCUT2D eigenvalue weighted by Crippen LogP contribution is 2.28. The van der Waals surface area contributed by atoms with Gasteiger partial charge in [0.25, 0.3) is 5.69 Å². The average molecular weight is 348 g/mol. The van der Waals surface area contributed by atoms with Gasteiger partial charge in [0.1, 0.15) is 5.69 Å². The van der Waals surface area contributed by atoms with Gasteiger partial charge < -0.3 is 10.6 Å². The Labute approximate surface area is 130 Å². The molecule has 0 fully saturated rings. The number of hydrogen-bond acceptors (Lipinski definition) is 4. The maximum absolute atomic E-state index is 11.0. The van der Waals surface area contributed by atoms with Gasteiger partial charge in [0.05, 0.1) is 4.92 Å². The zero-order valence-electron chi connectivity index (χ0n) is 11.2. The average Bonchev–Trinajstić information content (AvgIpc) is 2.92. The second kappa shape index (κ2) is 5.83. The number of anilines is 1. The number of nitrogens with one attached hydrogen (secondary N) is 2. The molecule has 1 aliphatic heterocycles. The zero-order chi connectivity index (χ0) is 14.8. The molecule has 2 aromatic rings. The molecule has 1 aliphatic rings. The van der Waals surface area contributed by atoms with Gasteiger partial charge >= 0.3 is 0 Å². The van der Waals surface area contributed by atoms with E-state index in [4.69, 9.17) is 0 Å². The van der Waals surface area contributed by atoms with E-state index in [1.165, 1.54) is 17.2 Å². The summed E-state index contributed by atoms with van der Waals surface area (Å²) < 4.78 is 0.814. The third-order valence-electron chi connectivity index (χ3n) is 3.54. The van der Waals surface area contributed by atoms with Crippen LogP contribution in [0.25, 0.3) is 0 Å². The van der Waals surface area contributed by atoms with Crippen molar-refractivity contribution in [3.05, 3.63) is 67.7 Å². The molecule has 1 heterocycles. The number of fused-ring (bicyclic) bond motifs is 1. The van der Waals surface area contributed by atoms with Gasteiger partial charge in [-0.2, -0.15) is 0 Å². The van der Waals surface area contributed by atoms with Gasteiger partial charge in [-0.15, -0.1) is 0 Å². The van der Waals surface area contributed by atoms with Gasteiger partial charge in [0.2, 0.25) is 0 Å². The standard InChI is InChI=1S/C15H14BrN3O2/c16-13-3-4-15(19(20)21)14(6-13)18-7-10-1-2-11-8-17-9-12(11)5-10/h1-6,17-18H,7-9H2. The second-order valence-corrected chi connectivity index (χ2v) is 5.89. The highest BCUT2D eigenvalue weighted by molar-refractivity contribution is 9.10. The second-order valence-electron chi connectivity index (χ2n) is 4.98. The normalized spacial score (nSPS) is 13.0. The molecular weight excluding hydrogens is 334 g/mol. The lowest BCUT2D eigenvalue weighted by Gasteiger charge is -2.09. The number of benzene rings is 2. The molecule has 2 aromatic carbocycles. The van der Waals surface area contributed by atoms with E-state index >= 15 is 0 Å². The first-order valence-electron chi connectivity index (χ1n) is 6.63. The SMILES string of the molecule is O=[N+]([O-])c1ccc(Br)cc1NCc1ccc2c(c1)CNC2. The minimum Gasteiger partial charge on any atom is -0.375 e. The number of nitrogens with zero attached hydrogens (tertiary/aromatic N) is 1. The summed E-state index contributed by atoms with van der Waals surface area (Å²) >= 11 is 3.34. The van der Waals surface area contributed by atoms with Crippen molar-refractivity contribution in [3.8, 4) is 0 Å². The Morgan fingerprint density at radius 2 is 2.00 bits per heavy atom. The fraction of sp³-hybridized carbons (Fsp3) is 0.200. The van der Waals surface area contributed by atoms with E-state index in [0.717, 1.165) is 23.1 Å². The first kappa shape index (κ1) is 14.0. The summed E-state index contributed by atoms with van der Waals surface area (Å²) in [4.78, 5) is 10.7. The van der Waals surface area contributed by atoms with Crippen molar-refractivity contribution >= 4 is 27.3 Å². The summed E-state index contributed by atoms with van der Waals surface area (Å²) in [6.45, 7) is 2.37. The highest BCUT2D eigenvalue weighted by atomic mass is 79.9. The first-order chi connectivity index (χ1) is 10.1. The van der Waals surface area contributed by atoms with Crippen molar-refractivity contribution in [1.82, 2.24) is 5.32 Å². The van der Waals surface area contributed by atoms with Gasteiger partial charge in [-0.1, -0.05) is 34.1 Å². The Morgan fingerprint density at radius 3 is 2.81 bits per heavy atom. The van der Waals surface area contributed by atoms with Crippen molar-refractivity contribution in [1.29, 1.82) is 0 Å². The molecule has 21 heavy (non-hydrogen) atoms. The molecule has 2 N–H and O–H groups in total. The van der Waals surface area contributed by atoms with Crippen LogP contribution in [0.2, 0.25) is 0 Å². The third kappa shape index (κ3) is 3.06. The molecule has 0 radical (unpaired) electrons. The lowest BCUT2D eigenvalue weighted by molar-refractivity contribution is -0.384. The maximum Gasteiger partial charge on any atom is 0.292 e. The fourth-order valence-corrected chi connectivity index (χ4v) is 2.83. The van der Waals surface area contributed by atoms with Crippen molar-refractivity contribution < 1.29 is 4.92 Å². The lowest BCUT2D eigenvalue weighted by Crippen LogP contribution is -2.03. The van der Waals surface area contributed by atoms with Gasteiger partial charge in [-0.3, -0.25) is 10.1 Å². The van der Waals surface area contributed by atoms with Crippen LogP contribution in [0.15, 0.2) is 40.9 Å². The van der Waals surface area contributed by atoms with E-state index in [0.29, 0.717) is 12.2 Å². The van der Waals surface area contributed by atoms with E-state index in [-0.39, 0.29) is 10.6 Å². The summed E-state index contributed by atoms with van der Waals surface area (Å²) in [5.41, 5.74) is 4.35. The predicted octanol–water partition coefficient (Wildman–Crippen LogP) is 3.57. The van der Waals surface area contributed by atoms with Gasteiger partial charge in [-0.25, -0.2) is 0 Å². The zero-order valence-corrected chi connectivity index (χ0v) is 12.8. The van der Waals surface area contributed by atoms with E-state index in [1.807, 2.05) is 0 Å². The predicted molar refractivity (Wildman–Crippen MR) is 85.1 cm³/mol. The maximum atomic E-state index is 11.0. The van der Waals surface area contributed by atoms with E-state index in [2.05, 4.69) is 44.8 Å². The molecule has 5 nitrogen and oxygen atoms in total. The van der Waals surface area contributed by atoms with E-state index in [1.54, 1.807) is 12.1 Å². The molecular formula is C15H14BrN3O2. The molecule has 0 unspecified atom stereocenters. The molecule has 0 aromatic heterocycles. The van der Waals surface area contributed by atoms with Crippen LogP contribution in [0.5, 0.6) is 0 Å². The fourth-order valence-electron chi connectivity index (χ4n) is 2.46. The Bertz CT molecular complexity index is 703. The molecule has 0 atom stereocenters. The van der Waals surface area contributed by atoms with Crippen LogP contribution >= 0.6 is 15.9 Å². The summed E-state index contributed by atoms with van der Waals surface area (Å²) in [7, 11) is 0. The van der Waals surface area contributed by atoms with Crippen LogP contribution in [0.4, 0.5) is 11.4 Å². The van der Waals surface area contributed by atoms with Crippen LogP contribution in [-0.2, 0) is 19.6 Å². The Morgan fingerprint density at radius 1 is 1.19 bits per heavy atom. The van der Waals surface area contributed by atoms with E-state index in [9.17, 15) is 10.1 Å². The minimum atomic E-state index is -0.374. The molecule has 6 heteroatoms. The van der Waals surface area contributed by atoms with Crippen LogP contribution < -0.4 is 10.6 Å². The van der Waals surface area contributed by atoms with Crippen LogP contribution in [0.3, 0.4) is 0 Å². The number of rotatable bonds is 4. The number of nitro groups is 1. The largest absolute Gasteiger partial charge is 0.375 e. The number of hydrogen-bond donors (Lipinski definition) is 2. The van der Waals surface area contributed by atoms with Gasteiger partial charge in [-0.05, 0) is 28.8 Å². The Balaban J connectivity index is 1.78. The molecule has 0 bridgehead atoms. The van der Waals surface area contributed by atoms with Crippen LogP contribution in [-0.4, -0.2) is 4.92 Å². The minimum absolute atomic E-state index is 0.0843. The topological polar surface area (TPSA) is 67.2 Å². The molecule has 0 aliphatic carbocycles. The van der Waals surface area contributed by atoms with Crippen LogP contribution in [0.1, 0.15) is 16.7 Å². The van der Waals surface area contributed by atoms with Crippen LogP contribution in [0, 0.1) is 10.1 Å². The van der Waals surface area contributed by atoms with E-state index < -0.39 is 0 Å². The van der Waals surface area contributed by atoms with Crippen molar-refractivity contribution in [2.75, 3.05) is 5.32 Å². The molecule has 3 rings (SSSR count).